The maximum Gasteiger partial charge on any atom is 0.211 e. The third kappa shape index (κ3) is 4.00. The lowest BCUT2D eigenvalue weighted by Gasteiger charge is -2.28. The zero-order chi connectivity index (χ0) is 18.0. The van der Waals surface area contributed by atoms with Gasteiger partial charge < -0.3 is 16.2 Å². The first kappa shape index (κ1) is 17.0. The lowest BCUT2D eigenvalue weighted by molar-refractivity contribution is 0.159. The molecule has 3 rings (SSSR count). The molecule has 1 aliphatic heterocycles. The molecule has 0 spiro atoms. The molecule has 0 amide bonds. The van der Waals surface area contributed by atoms with Gasteiger partial charge in [0.05, 0.1) is 0 Å². The summed E-state index contributed by atoms with van der Waals surface area (Å²) in [5.41, 5.74) is 13.9. The number of ether oxygens (including phenoxy) is 1. The Bertz CT molecular complexity index is 879. The summed E-state index contributed by atoms with van der Waals surface area (Å²) in [5, 5.41) is 8.68. The first-order valence-corrected chi connectivity index (χ1v) is 8.17. The van der Waals surface area contributed by atoms with Crippen LogP contribution in [0.15, 0.2) is 58.7 Å². The van der Waals surface area contributed by atoms with Crippen LogP contribution >= 0.6 is 11.6 Å². The van der Waals surface area contributed by atoms with E-state index >= 15 is 0 Å². The molecule has 0 radical (unpaired) electrons. The minimum absolute atomic E-state index is 0.102. The van der Waals surface area contributed by atoms with Crippen molar-refractivity contribution in [3.05, 3.63) is 70.3 Å². The van der Waals surface area contributed by atoms with Gasteiger partial charge in [0.25, 0.3) is 0 Å². The number of benzene rings is 2. The van der Waals surface area contributed by atoms with Crippen molar-refractivity contribution in [2.45, 2.75) is 19.4 Å². The molecule has 6 heteroatoms. The summed E-state index contributed by atoms with van der Waals surface area (Å²) in [4.78, 5) is 0. The Morgan fingerprint density at radius 2 is 1.68 bits per heavy atom. The lowest BCUT2D eigenvalue weighted by Crippen LogP contribution is -2.27. The maximum absolute atomic E-state index is 5.98. The monoisotopic (exact) mass is 354 g/mol. The predicted molar refractivity (Wildman–Crippen MR) is 103 cm³/mol. The van der Waals surface area contributed by atoms with Gasteiger partial charge in [-0.25, -0.2) is 0 Å². The van der Waals surface area contributed by atoms with Gasteiger partial charge in [0.1, 0.15) is 17.1 Å². The van der Waals surface area contributed by atoms with Crippen molar-refractivity contribution in [3.8, 4) is 5.75 Å². The van der Waals surface area contributed by atoms with Crippen LogP contribution in [0.25, 0.3) is 6.08 Å². The molecule has 0 fully saturated rings. The Kier molecular flexibility index (Phi) is 4.51. The summed E-state index contributed by atoms with van der Waals surface area (Å²) < 4.78 is 5.96. The van der Waals surface area contributed by atoms with E-state index in [1.165, 1.54) is 0 Å². The van der Waals surface area contributed by atoms with E-state index in [9.17, 15) is 0 Å². The zero-order valence-corrected chi connectivity index (χ0v) is 14.8. The Hall–Kier alpha value is -2.79. The molecule has 0 atom stereocenters. The van der Waals surface area contributed by atoms with Gasteiger partial charge >= 0.3 is 0 Å². The smallest absolute Gasteiger partial charge is 0.211 e. The van der Waals surface area contributed by atoms with E-state index in [1.54, 1.807) is 12.1 Å². The lowest BCUT2D eigenvalue weighted by atomic mass is 9.97. The standard InChI is InChI=1S/C19H19ClN4O/c1-19(2)10-9-13-11-14(5-8-16(13)25-19)17(23-24-18(21)22)12-3-6-15(20)7-4-12/h3-11H,1-2H3,(H4,21,22,24)/b23-17+. The first-order chi connectivity index (χ1) is 11.8. The molecule has 128 valence electrons. The summed E-state index contributed by atoms with van der Waals surface area (Å²) >= 11 is 5.98. The summed E-state index contributed by atoms with van der Waals surface area (Å²) in [7, 11) is 0. The average molecular weight is 355 g/mol. The fraction of sp³-hybridized carbons (Fsp3) is 0.158. The summed E-state index contributed by atoms with van der Waals surface area (Å²) in [5.74, 6) is 0.725. The van der Waals surface area contributed by atoms with Crippen LogP contribution in [0.3, 0.4) is 0 Å². The van der Waals surface area contributed by atoms with Crippen LogP contribution in [0, 0.1) is 0 Å². The molecule has 5 nitrogen and oxygen atoms in total. The molecule has 1 aliphatic rings. The largest absolute Gasteiger partial charge is 0.483 e. The fourth-order valence-corrected chi connectivity index (χ4v) is 2.65. The molecule has 25 heavy (non-hydrogen) atoms. The van der Waals surface area contributed by atoms with Gasteiger partial charge in [0.2, 0.25) is 5.96 Å². The molecular weight excluding hydrogens is 336 g/mol. The number of halogens is 1. The number of nitrogens with zero attached hydrogens (tertiary/aromatic N) is 2. The SMILES string of the molecule is CC1(C)C=Cc2cc(/C(=N/N=C(N)N)c3ccc(Cl)cc3)ccc2O1. The van der Waals surface area contributed by atoms with Gasteiger partial charge in [0.15, 0.2) is 0 Å². The highest BCUT2D eigenvalue weighted by atomic mass is 35.5. The van der Waals surface area contributed by atoms with Crippen molar-refractivity contribution >= 4 is 29.3 Å². The van der Waals surface area contributed by atoms with Crippen molar-refractivity contribution < 1.29 is 4.74 Å². The Morgan fingerprint density at radius 3 is 2.36 bits per heavy atom. The van der Waals surface area contributed by atoms with Crippen molar-refractivity contribution in [2.24, 2.45) is 21.7 Å². The maximum atomic E-state index is 5.98. The number of hydrogen-bond donors (Lipinski definition) is 2. The summed E-state index contributed by atoms with van der Waals surface area (Å²) in [6.07, 6.45) is 4.07. The summed E-state index contributed by atoms with van der Waals surface area (Å²) in [6.45, 7) is 4.03. The van der Waals surface area contributed by atoms with Crippen LogP contribution in [-0.4, -0.2) is 17.3 Å². The van der Waals surface area contributed by atoms with Crippen molar-refractivity contribution in [3.63, 3.8) is 0 Å². The van der Waals surface area contributed by atoms with E-state index in [0.717, 1.165) is 22.4 Å². The van der Waals surface area contributed by atoms with E-state index in [4.69, 9.17) is 27.8 Å². The van der Waals surface area contributed by atoms with Gasteiger partial charge in [-0.15, -0.1) is 10.2 Å². The first-order valence-electron chi connectivity index (χ1n) is 7.79. The van der Waals surface area contributed by atoms with Crippen LogP contribution in [-0.2, 0) is 0 Å². The van der Waals surface area contributed by atoms with Crippen LogP contribution in [0.1, 0.15) is 30.5 Å². The predicted octanol–water partition coefficient (Wildman–Crippen LogP) is 3.55. The highest BCUT2D eigenvalue weighted by Crippen LogP contribution is 2.32. The molecule has 4 N–H and O–H groups in total. The molecule has 0 aromatic heterocycles. The van der Waals surface area contributed by atoms with E-state index in [2.05, 4.69) is 10.2 Å². The molecule has 0 saturated carbocycles. The molecule has 0 unspecified atom stereocenters. The third-order valence-electron chi connectivity index (χ3n) is 3.70. The molecule has 0 saturated heterocycles. The second kappa shape index (κ2) is 6.61. The quantitative estimate of drug-likeness (QED) is 0.502. The normalized spacial score (nSPS) is 15.2. The Balaban J connectivity index is 2.07. The average Bonchev–Trinajstić information content (AvgIpc) is 2.55. The van der Waals surface area contributed by atoms with Gasteiger partial charge in [-0.2, -0.15) is 0 Å². The minimum Gasteiger partial charge on any atom is -0.483 e. The number of guanidine groups is 1. The van der Waals surface area contributed by atoms with E-state index in [-0.39, 0.29) is 11.6 Å². The van der Waals surface area contributed by atoms with Crippen LogP contribution in [0.2, 0.25) is 5.02 Å². The summed E-state index contributed by atoms with van der Waals surface area (Å²) in [6, 6.07) is 13.2. The van der Waals surface area contributed by atoms with Crippen LogP contribution < -0.4 is 16.2 Å². The number of fused-ring (bicyclic) bond motifs is 1. The van der Waals surface area contributed by atoms with Gasteiger partial charge in [-0.3, -0.25) is 0 Å². The van der Waals surface area contributed by atoms with Gasteiger partial charge in [-0.1, -0.05) is 29.8 Å². The fourth-order valence-electron chi connectivity index (χ4n) is 2.52. The van der Waals surface area contributed by atoms with Crippen molar-refractivity contribution in [1.29, 1.82) is 0 Å². The number of rotatable bonds is 3. The van der Waals surface area contributed by atoms with E-state index < -0.39 is 0 Å². The molecule has 1 heterocycles. The topological polar surface area (TPSA) is 86.0 Å². The van der Waals surface area contributed by atoms with Crippen molar-refractivity contribution in [1.82, 2.24) is 0 Å². The van der Waals surface area contributed by atoms with E-state index in [0.29, 0.717) is 10.7 Å². The van der Waals surface area contributed by atoms with Crippen molar-refractivity contribution in [2.75, 3.05) is 0 Å². The van der Waals surface area contributed by atoms with Crippen LogP contribution in [0.5, 0.6) is 5.75 Å². The second-order valence-corrected chi connectivity index (χ2v) is 6.71. The third-order valence-corrected chi connectivity index (χ3v) is 3.96. The Labute approximate surface area is 151 Å². The highest BCUT2D eigenvalue weighted by molar-refractivity contribution is 6.30. The highest BCUT2D eigenvalue weighted by Gasteiger charge is 2.22. The zero-order valence-electron chi connectivity index (χ0n) is 14.0. The van der Waals surface area contributed by atoms with Crippen LogP contribution in [0.4, 0.5) is 0 Å². The second-order valence-electron chi connectivity index (χ2n) is 6.27. The van der Waals surface area contributed by atoms with E-state index in [1.807, 2.05) is 56.3 Å². The Morgan fingerprint density at radius 1 is 1.00 bits per heavy atom. The molecular formula is C19H19ClN4O. The molecule has 2 aromatic rings. The molecule has 0 bridgehead atoms. The number of hydrogen-bond acceptors (Lipinski definition) is 3. The molecule has 2 aromatic carbocycles. The molecule has 0 aliphatic carbocycles. The van der Waals surface area contributed by atoms with Gasteiger partial charge in [-0.05, 0) is 50.3 Å². The number of nitrogens with two attached hydrogens (primary N) is 2. The van der Waals surface area contributed by atoms with Gasteiger partial charge in [0, 0.05) is 21.7 Å². The minimum atomic E-state index is -0.320.